The summed E-state index contributed by atoms with van der Waals surface area (Å²) >= 11 is 6.03. The lowest BCUT2D eigenvalue weighted by atomic mass is 10.3. The predicted octanol–water partition coefficient (Wildman–Crippen LogP) is 1.89. The van der Waals surface area contributed by atoms with Gasteiger partial charge in [-0.15, -0.1) is 0 Å². The van der Waals surface area contributed by atoms with Crippen LogP contribution in [-0.2, 0) is 4.74 Å². The molecule has 0 aliphatic carbocycles. The Morgan fingerprint density at radius 3 is 3.00 bits per heavy atom. The molecule has 6 nitrogen and oxygen atoms in total. The fourth-order valence-corrected chi connectivity index (χ4v) is 1.68. The lowest BCUT2D eigenvalue weighted by molar-refractivity contribution is 0.0616. The number of fused-ring (bicyclic) bond motifs is 1. The normalized spacial score (nSPS) is 12.9. The van der Waals surface area contributed by atoms with Gasteiger partial charge in [0.2, 0.25) is 5.88 Å². The van der Waals surface area contributed by atoms with Gasteiger partial charge in [-0.25, -0.2) is 0 Å². The molecule has 1 atom stereocenters. The first kappa shape index (κ1) is 13.0. The molecular formula is C11H15ClN4O2. The second-order valence-electron chi connectivity index (χ2n) is 3.89. The van der Waals surface area contributed by atoms with Gasteiger partial charge >= 0.3 is 0 Å². The van der Waals surface area contributed by atoms with Gasteiger partial charge in [-0.2, -0.15) is 19.6 Å². The standard InChI is InChI=1S/C11H15ClN4O2/c1-4-17-5-7(2)18-10-8(3)9(12)15-11-13-6-14-16(10)11/h6-7H,4-5H2,1-3H3. The van der Waals surface area contributed by atoms with Gasteiger partial charge in [-0.3, -0.25) is 0 Å². The molecular weight excluding hydrogens is 256 g/mol. The molecule has 0 radical (unpaired) electrons. The first-order valence-corrected chi connectivity index (χ1v) is 6.11. The minimum absolute atomic E-state index is 0.102. The molecule has 0 aromatic carbocycles. The van der Waals surface area contributed by atoms with Crippen LogP contribution < -0.4 is 4.74 Å². The second kappa shape index (κ2) is 5.49. The van der Waals surface area contributed by atoms with Crippen molar-refractivity contribution < 1.29 is 9.47 Å². The van der Waals surface area contributed by atoms with Crippen LogP contribution in [0.25, 0.3) is 5.78 Å². The van der Waals surface area contributed by atoms with E-state index in [0.717, 1.165) is 5.56 Å². The van der Waals surface area contributed by atoms with E-state index in [1.165, 1.54) is 10.8 Å². The molecule has 0 spiro atoms. The third kappa shape index (κ3) is 2.54. The zero-order valence-corrected chi connectivity index (χ0v) is 11.3. The number of nitrogens with zero attached hydrogens (tertiary/aromatic N) is 4. The van der Waals surface area contributed by atoms with Crippen LogP contribution in [0.2, 0.25) is 5.15 Å². The van der Waals surface area contributed by atoms with Crippen LogP contribution >= 0.6 is 11.6 Å². The molecule has 0 aliphatic rings. The molecule has 18 heavy (non-hydrogen) atoms. The van der Waals surface area contributed by atoms with Crippen molar-refractivity contribution in [1.82, 2.24) is 19.6 Å². The van der Waals surface area contributed by atoms with Crippen molar-refractivity contribution in [1.29, 1.82) is 0 Å². The summed E-state index contributed by atoms with van der Waals surface area (Å²) in [5, 5.41) is 4.44. The highest BCUT2D eigenvalue weighted by Crippen LogP contribution is 2.24. The van der Waals surface area contributed by atoms with E-state index in [1.807, 2.05) is 20.8 Å². The zero-order chi connectivity index (χ0) is 13.1. The van der Waals surface area contributed by atoms with E-state index in [1.54, 1.807) is 0 Å². The van der Waals surface area contributed by atoms with Gasteiger partial charge in [0.05, 0.1) is 6.61 Å². The monoisotopic (exact) mass is 270 g/mol. The Kier molecular flexibility index (Phi) is 3.98. The van der Waals surface area contributed by atoms with Crippen molar-refractivity contribution in [3.05, 3.63) is 17.0 Å². The van der Waals surface area contributed by atoms with Crippen LogP contribution in [-0.4, -0.2) is 38.9 Å². The average molecular weight is 271 g/mol. The van der Waals surface area contributed by atoms with Gasteiger partial charge in [0.15, 0.2) is 0 Å². The van der Waals surface area contributed by atoms with Crippen LogP contribution in [0, 0.1) is 6.92 Å². The summed E-state index contributed by atoms with van der Waals surface area (Å²) < 4.78 is 12.7. The molecule has 2 aromatic rings. The Hall–Kier alpha value is -1.40. The van der Waals surface area contributed by atoms with Crippen molar-refractivity contribution >= 4 is 17.4 Å². The molecule has 1 unspecified atom stereocenters. The number of ether oxygens (including phenoxy) is 2. The fraction of sp³-hybridized carbons (Fsp3) is 0.545. The Bertz CT molecular complexity index is 543. The number of rotatable bonds is 5. The summed E-state index contributed by atoms with van der Waals surface area (Å²) in [6.07, 6.45) is 1.31. The highest BCUT2D eigenvalue weighted by molar-refractivity contribution is 6.30. The minimum Gasteiger partial charge on any atom is -0.472 e. The van der Waals surface area contributed by atoms with Gasteiger partial charge in [-0.05, 0) is 20.8 Å². The molecule has 0 saturated carbocycles. The third-order valence-electron chi connectivity index (χ3n) is 2.42. The number of hydrogen-bond acceptors (Lipinski definition) is 5. The van der Waals surface area contributed by atoms with E-state index in [9.17, 15) is 0 Å². The molecule has 0 aliphatic heterocycles. The summed E-state index contributed by atoms with van der Waals surface area (Å²) in [6, 6.07) is 0. The number of hydrogen-bond donors (Lipinski definition) is 0. The maximum absolute atomic E-state index is 6.03. The largest absolute Gasteiger partial charge is 0.472 e. The SMILES string of the molecule is CCOCC(C)Oc1c(C)c(Cl)nc2ncnn12. The van der Waals surface area contributed by atoms with Gasteiger partial charge in [0, 0.05) is 12.2 Å². The van der Waals surface area contributed by atoms with Crippen LogP contribution in [0.3, 0.4) is 0 Å². The van der Waals surface area contributed by atoms with E-state index in [2.05, 4.69) is 15.1 Å². The molecule has 0 saturated heterocycles. The highest BCUT2D eigenvalue weighted by atomic mass is 35.5. The maximum Gasteiger partial charge on any atom is 0.256 e. The van der Waals surface area contributed by atoms with E-state index in [4.69, 9.17) is 21.1 Å². The van der Waals surface area contributed by atoms with Gasteiger partial charge in [-0.1, -0.05) is 11.6 Å². The quantitative estimate of drug-likeness (QED) is 0.777. The van der Waals surface area contributed by atoms with Crippen molar-refractivity contribution in [2.75, 3.05) is 13.2 Å². The Morgan fingerprint density at radius 2 is 2.28 bits per heavy atom. The van der Waals surface area contributed by atoms with E-state index in [0.29, 0.717) is 30.0 Å². The average Bonchev–Trinajstić information content (AvgIpc) is 2.80. The zero-order valence-electron chi connectivity index (χ0n) is 10.6. The summed E-state index contributed by atoms with van der Waals surface area (Å²) in [6.45, 7) is 6.86. The number of halogens is 1. The Morgan fingerprint density at radius 1 is 1.50 bits per heavy atom. The molecule has 0 amide bonds. The molecule has 98 valence electrons. The molecule has 0 fully saturated rings. The van der Waals surface area contributed by atoms with Crippen LogP contribution in [0.5, 0.6) is 5.88 Å². The van der Waals surface area contributed by atoms with E-state index >= 15 is 0 Å². The third-order valence-corrected chi connectivity index (χ3v) is 2.79. The molecule has 0 N–H and O–H groups in total. The Labute approximate surface area is 110 Å². The van der Waals surface area contributed by atoms with Crippen LogP contribution in [0.1, 0.15) is 19.4 Å². The Balaban J connectivity index is 2.31. The lowest BCUT2D eigenvalue weighted by Gasteiger charge is -2.16. The molecule has 2 aromatic heterocycles. The summed E-state index contributed by atoms with van der Waals surface area (Å²) in [5.74, 6) is 0.971. The van der Waals surface area contributed by atoms with Crippen molar-refractivity contribution in [3.8, 4) is 5.88 Å². The first-order chi connectivity index (χ1) is 8.63. The fourth-order valence-electron chi connectivity index (χ4n) is 1.52. The summed E-state index contributed by atoms with van der Waals surface area (Å²) in [5.41, 5.74) is 0.734. The molecule has 7 heteroatoms. The van der Waals surface area contributed by atoms with E-state index < -0.39 is 0 Å². The molecule has 2 rings (SSSR count). The highest BCUT2D eigenvalue weighted by Gasteiger charge is 2.16. The van der Waals surface area contributed by atoms with Gasteiger partial charge in [0.25, 0.3) is 5.78 Å². The summed E-state index contributed by atoms with van der Waals surface area (Å²) in [7, 11) is 0. The number of aromatic nitrogens is 4. The summed E-state index contributed by atoms with van der Waals surface area (Å²) in [4.78, 5) is 8.10. The maximum atomic E-state index is 6.03. The van der Waals surface area contributed by atoms with Crippen molar-refractivity contribution in [2.45, 2.75) is 26.9 Å². The topological polar surface area (TPSA) is 61.5 Å². The van der Waals surface area contributed by atoms with Gasteiger partial charge in [0.1, 0.15) is 17.6 Å². The smallest absolute Gasteiger partial charge is 0.256 e. The molecule has 0 bridgehead atoms. The lowest BCUT2D eigenvalue weighted by Crippen LogP contribution is -2.21. The molecule has 2 heterocycles. The van der Waals surface area contributed by atoms with Gasteiger partial charge < -0.3 is 9.47 Å². The first-order valence-electron chi connectivity index (χ1n) is 5.73. The van der Waals surface area contributed by atoms with Crippen LogP contribution in [0.15, 0.2) is 6.33 Å². The van der Waals surface area contributed by atoms with Crippen molar-refractivity contribution in [3.63, 3.8) is 0 Å². The minimum atomic E-state index is -0.102. The van der Waals surface area contributed by atoms with Crippen LogP contribution in [0.4, 0.5) is 0 Å². The van der Waals surface area contributed by atoms with Crippen molar-refractivity contribution in [2.24, 2.45) is 0 Å². The predicted molar refractivity (Wildman–Crippen MR) is 67.1 cm³/mol. The second-order valence-corrected chi connectivity index (χ2v) is 4.25. The van der Waals surface area contributed by atoms with E-state index in [-0.39, 0.29) is 6.10 Å².